The van der Waals surface area contributed by atoms with Crippen molar-refractivity contribution in [2.24, 2.45) is 5.73 Å². The zero-order valence-electron chi connectivity index (χ0n) is 14.1. The van der Waals surface area contributed by atoms with Crippen LogP contribution in [-0.4, -0.2) is 35.3 Å². The van der Waals surface area contributed by atoms with Gasteiger partial charge in [0.1, 0.15) is 0 Å². The van der Waals surface area contributed by atoms with Gasteiger partial charge in [0.05, 0.1) is 6.04 Å². The Hall–Kier alpha value is -3.35. The maximum absolute atomic E-state index is 12.1. The molecule has 2 aromatic carbocycles. The lowest BCUT2D eigenvalue weighted by atomic mass is 10.2. The highest BCUT2D eigenvalue weighted by Crippen LogP contribution is 2.15. The van der Waals surface area contributed by atoms with E-state index < -0.39 is 11.9 Å². The van der Waals surface area contributed by atoms with Crippen LogP contribution in [0.1, 0.15) is 22.3 Å². The predicted molar refractivity (Wildman–Crippen MR) is 97.4 cm³/mol. The molecule has 0 saturated carbocycles. The van der Waals surface area contributed by atoms with Crippen LogP contribution in [0.5, 0.6) is 0 Å². The summed E-state index contributed by atoms with van der Waals surface area (Å²) < 4.78 is 0. The third-order valence-electron chi connectivity index (χ3n) is 4.19. The molecule has 4 N–H and O–H groups in total. The predicted octanol–water partition coefficient (Wildman–Crippen LogP) is 1.71. The highest BCUT2D eigenvalue weighted by atomic mass is 16.2. The van der Waals surface area contributed by atoms with Crippen molar-refractivity contribution < 1.29 is 14.4 Å². The van der Waals surface area contributed by atoms with E-state index in [2.05, 4.69) is 10.6 Å². The van der Waals surface area contributed by atoms with Gasteiger partial charge in [-0.25, -0.2) is 4.79 Å². The highest BCUT2D eigenvalue weighted by Gasteiger charge is 2.30. The van der Waals surface area contributed by atoms with Gasteiger partial charge in [-0.15, -0.1) is 0 Å². The second-order valence-electron chi connectivity index (χ2n) is 6.20. The fourth-order valence-electron chi connectivity index (χ4n) is 2.90. The molecule has 1 heterocycles. The number of urea groups is 1. The maximum atomic E-state index is 12.1. The first-order chi connectivity index (χ1) is 12.5. The Morgan fingerprint density at radius 2 is 1.77 bits per heavy atom. The largest absolute Gasteiger partial charge is 0.366 e. The van der Waals surface area contributed by atoms with E-state index in [-0.39, 0.29) is 18.4 Å². The Kier molecular flexibility index (Phi) is 5.17. The Morgan fingerprint density at radius 3 is 2.42 bits per heavy atom. The number of benzene rings is 2. The summed E-state index contributed by atoms with van der Waals surface area (Å²) in [5, 5.41) is 5.49. The molecule has 4 amide bonds. The average Bonchev–Trinajstić information content (AvgIpc) is 2.95. The van der Waals surface area contributed by atoms with Gasteiger partial charge in [-0.2, -0.15) is 0 Å². The van der Waals surface area contributed by atoms with Crippen LogP contribution in [0, 0.1) is 0 Å². The molecule has 0 aromatic heterocycles. The molecule has 1 unspecified atom stereocenters. The van der Waals surface area contributed by atoms with Crippen LogP contribution in [0.25, 0.3) is 0 Å². The van der Waals surface area contributed by atoms with Crippen molar-refractivity contribution in [2.45, 2.75) is 19.0 Å². The SMILES string of the molecule is NC(=O)c1ccc(NC(=O)NC2CC(=O)N(Cc3ccccc3)C2)cc1. The Bertz CT molecular complexity index is 805. The van der Waals surface area contributed by atoms with E-state index in [0.29, 0.717) is 24.3 Å². The molecular weight excluding hydrogens is 332 g/mol. The molecule has 7 nitrogen and oxygen atoms in total. The van der Waals surface area contributed by atoms with Gasteiger partial charge in [0.15, 0.2) is 0 Å². The molecule has 134 valence electrons. The van der Waals surface area contributed by atoms with E-state index >= 15 is 0 Å². The van der Waals surface area contributed by atoms with Crippen LogP contribution in [0.3, 0.4) is 0 Å². The molecule has 1 aliphatic heterocycles. The summed E-state index contributed by atoms with van der Waals surface area (Å²) in [7, 11) is 0. The third kappa shape index (κ3) is 4.38. The number of hydrogen-bond donors (Lipinski definition) is 3. The lowest BCUT2D eigenvalue weighted by Gasteiger charge is -2.17. The summed E-state index contributed by atoms with van der Waals surface area (Å²) >= 11 is 0. The fourth-order valence-corrected chi connectivity index (χ4v) is 2.90. The molecule has 0 spiro atoms. The van der Waals surface area contributed by atoms with Gasteiger partial charge in [-0.1, -0.05) is 30.3 Å². The van der Waals surface area contributed by atoms with E-state index in [9.17, 15) is 14.4 Å². The second-order valence-corrected chi connectivity index (χ2v) is 6.20. The number of amides is 4. The van der Waals surface area contributed by atoms with Gasteiger partial charge in [0, 0.05) is 30.8 Å². The lowest BCUT2D eigenvalue weighted by molar-refractivity contribution is -0.128. The second kappa shape index (κ2) is 7.69. The van der Waals surface area contributed by atoms with Crippen molar-refractivity contribution in [3.05, 3.63) is 65.7 Å². The average molecular weight is 352 g/mol. The smallest absolute Gasteiger partial charge is 0.319 e. The molecule has 0 aliphatic carbocycles. The topological polar surface area (TPSA) is 105 Å². The molecule has 0 radical (unpaired) electrons. The summed E-state index contributed by atoms with van der Waals surface area (Å²) in [5.41, 5.74) is 7.15. The summed E-state index contributed by atoms with van der Waals surface area (Å²) in [4.78, 5) is 37.0. The minimum Gasteiger partial charge on any atom is -0.366 e. The first kappa shape index (κ1) is 17.5. The van der Waals surface area contributed by atoms with Gasteiger partial charge >= 0.3 is 6.03 Å². The monoisotopic (exact) mass is 352 g/mol. The number of carbonyl (C=O) groups is 3. The van der Waals surface area contributed by atoms with Gasteiger partial charge in [-0.05, 0) is 29.8 Å². The number of likely N-dealkylation sites (tertiary alicyclic amines) is 1. The molecule has 3 rings (SSSR count). The van der Waals surface area contributed by atoms with E-state index in [1.165, 1.54) is 0 Å². The van der Waals surface area contributed by atoms with E-state index in [1.54, 1.807) is 29.2 Å². The van der Waals surface area contributed by atoms with Gasteiger partial charge < -0.3 is 21.3 Å². The van der Waals surface area contributed by atoms with Crippen LogP contribution in [0.15, 0.2) is 54.6 Å². The van der Waals surface area contributed by atoms with Crippen LogP contribution < -0.4 is 16.4 Å². The first-order valence-electron chi connectivity index (χ1n) is 8.30. The van der Waals surface area contributed by atoms with Gasteiger partial charge in [-0.3, -0.25) is 9.59 Å². The minimum absolute atomic E-state index is 0.0185. The lowest BCUT2D eigenvalue weighted by Crippen LogP contribution is -2.39. The Labute approximate surface area is 151 Å². The first-order valence-corrected chi connectivity index (χ1v) is 8.30. The Morgan fingerprint density at radius 1 is 1.08 bits per heavy atom. The number of anilines is 1. The standard InChI is InChI=1S/C19H20N4O3/c20-18(25)14-6-8-15(9-7-14)21-19(26)22-16-10-17(24)23(12-16)11-13-4-2-1-3-5-13/h1-9,16H,10-12H2,(H2,20,25)(H2,21,22,26). The van der Waals surface area contributed by atoms with E-state index in [1.807, 2.05) is 30.3 Å². The number of nitrogens with two attached hydrogens (primary N) is 1. The summed E-state index contributed by atoms with van der Waals surface area (Å²) in [6, 6.07) is 15.4. The van der Waals surface area contributed by atoms with Crippen LogP contribution in [0.4, 0.5) is 10.5 Å². The zero-order chi connectivity index (χ0) is 18.5. The van der Waals surface area contributed by atoms with E-state index in [0.717, 1.165) is 5.56 Å². The molecular formula is C19H20N4O3. The quantitative estimate of drug-likeness (QED) is 0.763. The van der Waals surface area contributed by atoms with Crippen LogP contribution in [0.2, 0.25) is 0 Å². The summed E-state index contributed by atoms with van der Waals surface area (Å²) in [6.45, 7) is 1.01. The number of nitrogens with zero attached hydrogens (tertiary/aromatic N) is 1. The van der Waals surface area contributed by atoms with Crippen LogP contribution in [-0.2, 0) is 11.3 Å². The highest BCUT2D eigenvalue weighted by molar-refractivity contribution is 5.94. The van der Waals surface area contributed by atoms with Crippen molar-refractivity contribution in [1.29, 1.82) is 0 Å². The van der Waals surface area contributed by atoms with Gasteiger partial charge in [0.2, 0.25) is 11.8 Å². The van der Waals surface area contributed by atoms with Crippen molar-refractivity contribution >= 4 is 23.5 Å². The number of hydrogen-bond acceptors (Lipinski definition) is 3. The molecule has 1 aliphatic rings. The number of primary amides is 1. The fraction of sp³-hybridized carbons (Fsp3) is 0.211. The molecule has 2 aromatic rings. The molecule has 1 fully saturated rings. The molecule has 1 saturated heterocycles. The maximum Gasteiger partial charge on any atom is 0.319 e. The van der Waals surface area contributed by atoms with Crippen molar-refractivity contribution in [3.63, 3.8) is 0 Å². The van der Waals surface area contributed by atoms with Crippen LogP contribution >= 0.6 is 0 Å². The Balaban J connectivity index is 1.51. The third-order valence-corrected chi connectivity index (χ3v) is 4.19. The number of carbonyl (C=O) groups excluding carboxylic acids is 3. The summed E-state index contributed by atoms with van der Waals surface area (Å²) in [5.74, 6) is -0.506. The minimum atomic E-state index is -0.524. The van der Waals surface area contributed by atoms with Gasteiger partial charge in [0.25, 0.3) is 0 Å². The molecule has 26 heavy (non-hydrogen) atoms. The molecule has 1 atom stereocenters. The normalized spacial score (nSPS) is 16.4. The van der Waals surface area contributed by atoms with Crippen molar-refractivity contribution in [2.75, 3.05) is 11.9 Å². The number of rotatable bonds is 5. The van der Waals surface area contributed by atoms with E-state index in [4.69, 9.17) is 5.73 Å². The summed E-state index contributed by atoms with van der Waals surface area (Å²) in [6.07, 6.45) is 0.279. The van der Waals surface area contributed by atoms with Crippen molar-refractivity contribution in [1.82, 2.24) is 10.2 Å². The molecule has 7 heteroatoms. The number of nitrogens with one attached hydrogen (secondary N) is 2. The zero-order valence-corrected chi connectivity index (χ0v) is 14.1. The van der Waals surface area contributed by atoms with Crippen molar-refractivity contribution in [3.8, 4) is 0 Å². The molecule has 0 bridgehead atoms.